The van der Waals surface area contributed by atoms with Crippen LogP contribution in [0.2, 0.25) is 0 Å². The monoisotopic (exact) mass is 756 g/mol. The van der Waals surface area contributed by atoms with Crippen molar-refractivity contribution >= 4 is 129 Å². The average molecular weight is 757 g/mol. The van der Waals surface area contributed by atoms with Crippen LogP contribution >= 0.6 is 0 Å². The maximum absolute atomic E-state index is 2.37. The van der Waals surface area contributed by atoms with Gasteiger partial charge < -0.3 is 0 Å². The topological polar surface area (TPSA) is 0 Å². The number of hydrogen-bond donors (Lipinski definition) is 0. The third kappa shape index (κ3) is 5.46. The standard InChI is InChI=1S/2C30H18/c1-3-7-21-13-27-17-29-23(15-25(27)11-19(21)5-1)9-10-24-16-26-12-20-6-2-4-8-22(20)14-28(26)18-30(24)29;1-2-6-20-10-24-14-28-18-30-16-26-12-22-8-4-3-7-21(22)11-25(26)15-29(30)17-27(28)13-23(24)9-19(20)5-1/h2*1-18H. The lowest BCUT2D eigenvalue weighted by atomic mass is 9.94. The Labute approximate surface area is 346 Å². The first-order valence-electron chi connectivity index (χ1n) is 20.9. The normalized spacial score (nSPS) is 12.0. The molecule has 0 heterocycles. The van der Waals surface area contributed by atoms with Gasteiger partial charge in [0.2, 0.25) is 0 Å². The second-order valence-electron chi connectivity index (χ2n) is 16.6. The van der Waals surface area contributed by atoms with Gasteiger partial charge in [0.25, 0.3) is 0 Å². The molecule has 0 aliphatic heterocycles. The molecule has 60 heavy (non-hydrogen) atoms. The number of hydrogen-bond acceptors (Lipinski definition) is 0. The van der Waals surface area contributed by atoms with Crippen molar-refractivity contribution in [2.75, 3.05) is 0 Å². The molecule has 0 fully saturated rings. The van der Waals surface area contributed by atoms with Gasteiger partial charge in [0.1, 0.15) is 0 Å². The van der Waals surface area contributed by atoms with E-state index in [2.05, 4.69) is 218 Å². The van der Waals surface area contributed by atoms with Crippen LogP contribution in [-0.4, -0.2) is 0 Å². The van der Waals surface area contributed by atoms with E-state index < -0.39 is 0 Å². The number of fused-ring (bicyclic) bond motifs is 13. The van der Waals surface area contributed by atoms with Crippen molar-refractivity contribution in [1.82, 2.24) is 0 Å². The average Bonchev–Trinajstić information content (AvgIpc) is 3.28. The van der Waals surface area contributed by atoms with Crippen LogP contribution in [0, 0.1) is 0 Å². The lowest BCUT2D eigenvalue weighted by Crippen LogP contribution is -1.83. The summed E-state index contributed by atoms with van der Waals surface area (Å²) >= 11 is 0. The maximum Gasteiger partial charge on any atom is -0.00988 e. The van der Waals surface area contributed by atoms with Crippen LogP contribution < -0.4 is 0 Å². The molecule has 14 rings (SSSR count). The zero-order valence-corrected chi connectivity index (χ0v) is 32.8. The molecular formula is C60H36. The summed E-state index contributed by atoms with van der Waals surface area (Å²) in [6.45, 7) is 0. The molecule has 0 spiro atoms. The summed E-state index contributed by atoms with van der Waals surface area (Å²) in [6.07, 6.45) is 0. The fraction of sp³-hybridized carbons (Fsp3) is 0. The summed E-state index contributed by atoms with van der Waals surface area (Å²) in [5, 5.41) is 31.2. The molecule has 0 aliphatic carbocycles. The van der Waals surface area contributed by atoms with Crippen molar-refractivity contribution in [3.63, 3.8) is 0 Å². The van der Waals surface area contributed by atoms with Gasteiger partial charge in [-0.15, -0.1) is 0 Å². The quantitative estimate of drug-likeness (QED) is 0.107. The molecule has 0 N–H and O–H groups in total. The fourth-order valence-corrected chi connectivity index (χ4v) is 9.83. The maximum atomic E-state index is 2.37. The molecule has 0 unspecified atom stereocenters. The highest BCUT2D eigenvalue weighted by molar-refractivity contribution is 6.17. The zero-order chi connectivity index (χ0) is 39.3. The molecule has 0 atom stereocenters. The smallest absolute Gasteiger partial charge is 0.00988 e. The van der Waals surface area contributed by atoms with Crippen LogP contribution in [0.5, 0.6) is 0 Å². The third-order valence-corrected chi connectivity index (χ3v) is 12.9. The van der Waals surface area contributed by atoms with E-state index in [0.717, 1.165) is 0 Å². The summed E-state index contributed by atoms with van der Waals surface area (Å²) in [6, 6.07) is 80.8. The highest BCUT2D eigenvalue weighted by Gasteiger charge is 2.09. The van der Waals surface area contributed by atoms with Crippen molar-refractivity contribution in [1.29, 1.82) is 0 Å². The molecule has 0 aromatic heterocycles. The van der Waals surface area contributed by atoms with Crippen molar-refractivity contribution in [2.24, 2.45) is 0 Å². The number of rotatable bonds is 0. The van der Waals surface area contributed by atoms with E-state index in [-0.39, 0.29) is 0 Å². The van der Waals surface area contributed by atoms with E-state index in [1.54, 1.807) is 0 Å². The van der Waals surface area contributed by atoms with Crippen molar-refractivity contribution in [2.45, 2.75) is 0 Å². The van der Waals surface area contributed by atoms with Crippen molar-refractivity contribution in [3.8, 4) is 0 Å². The molecule has 0 amide bonds. The van der Waals surface area contributed by atoms with E-state index in [1.165, 1.54) is 129 Å². The summed E-state index contributed by atoms with van der Waals surface area (Å²) in [4.78, 5) is 0. The minimum absolute atomic E-state index is 1.29. The van der Waals surface area contributed by atoms with Crippen molar-refractivity contribution < 1.29 is 0 Å². The Bertz CT molecular complexity index is 3640. The van der Waals surface area contributed by atoms with Gasteiger partial charge in [-0.1, -0.05) is 109 Å². The van der Waals surface area contributed by atoms with Gasteiger partial charge in [-0.3, -0.25) is 0 Å². The molecule has 14 aromatic carbocycles. The largest absolute Gasteiger partial charge is 0.0616 e. The minimum atomic E-state index is 1.29. The minimum Gasteiger partial charge on any atom is -0.0616 e. The Kier molecular flexibility index (Phi) is 7.11. The van der Waals surface area contributed by atoms with Crippen molar-refractivity contribution in [3.05, 3.63) is 218 Å². The zero-order valence-electron chi connectivity index (χ0n) is 32.8. The van der Waals surface area contributed by atoms with E-state index >= 15 is 0 Å². The predicted octanol–water partition coefficient (Wildman–Crippen LogP) is 17.2. The summed E-state index contributed by atoms with van der Waals surface area (Å²) in [5.74, 6) is 0. The molecule has 276 valence electrons. The van der Waals surface area contributed by atoms with Crippen LogP contribution in [-0.2, 0) is 0 Å². The third-order valence-electron chi connectivity index (χ3n) is 12.9. The first-order valence-corrected chi connectivity index (χ1v) is 20.9. The van der Waals surface area contributed by atoms with Gasteiger partial charge in [0, 0.05) is 0 Å². The van der Waals surface area contributed by atoms with Gasteiger partial charge in [-0.25, -0.2) is 0 Å². The van der Waals surface area contributed by atoms with Gasteiger partial charge >= 0.3 is 0 Å². The lowest BCUT2D eigenvalue weighted by Gasteiger charge is -2.10. The van der Waals surface area contributed by atoms with Crippen LogP contribution in [0.3, 0.4) is 0 Å². The molecule has 0 saturated heterocycles. The molecule has 0 radical (unpaired) electrons. The number of benzene rings is 14. The predicted molar refractivity (Wildman–Crippen MR) is 263 cm³/mol. The fourth-order valence-electron chi connectivity index (χ4n) is 9.83. The van der Waals surface area contributed by atoms with E-state index in [1.807, 2.05) is 0 Å². The van der Waals surface area contributed by atoms with Gasteiger partial charge in [0.15, 0.2) is 0 Å². The van der Waals surface area contributed by atoms with Crippen LogP contribution in [0.15, 0.2) is 218 Å². The Balaban J connectivity index is 0.000000123. The molecule has 0 nitrogen and oxygen atoms in total. The van der Waals surface area contributed by atoms with Gasteiger partial charge in [-0.05, 0) is 238 Å². The van der Waals surface area contributed by atoms with E-state index in [9.17, 15) is 0 Å². The van der Waals surface area contributed by atoms with Crippen LogP contribution in [0.4, 0.5) is 0 Å². The first kappa shape index (κ1) is 33.2. The molecule has 0 saturated carbocycles. The Morgan fingerprint density at radius 2 is 0.267 bits per heavy atom. The Morgan fingerprint density at radius 3 is 0.467 bits per heavy atom. The molecule has 14 aromatic rings. The summed E-state index contributed by atoms with van der Waals surface area (Å²) < 4.78 is 0. The highest BCUT2D eigenvalue weighted by Crippen LogP contribution is 2.36. The van der Waals surface area contributed by atoms with Gasteiger partial charge in [0.05, 0.1) is 0 Å². The van der Waals surface area contributed by atoms with Crippen LogP contribution in [0.25, 0.3) is 129 Å². The summed E-state index contributed by atoms with van der Waals surface area (Å²) in [5.41, 5.74) is 0. The molecular weight excluding hydrogens is 721 g/mol. The SMILES string of the molecule is c1ccc2cc3cc4c(ccc5cc6cc7ccccc7cc6cc54)cc3cc2c1.c1ccc2cc3cc4cc5cc6cc7ccccc7cc6cc5cc4cc3cc2c1. The molecule has 0 bridgehead atoms. The van der Waals surface area contributed by atoms with E-state index in [4.69, 9.17) is 0 Å². The molecule has 0 heteroatoms. The lowest BCUT2D eigenvalue weighted by molar-refractivity contribution is 1.78. The molecule has 0 aliphatic rings. The van der Waals surface area contributed by atoms with Gasteiger partial charge in [-0.2, -0.15) is 0 Å². The first-order chi connectivity index (χ1) is 29.6. The highest BCUT2D eigenvalue weighted by atomic mass is 14.1. The Hall–Kier alpha value is -7.80. The Morgan fingerprint density at radius 1 is 0.117 bits per heavy atom. The second-order valence-corrected chi connectivity index (χ2v) is 16.6. The van der Waals surface area contributed by atoms with Crippen LogP contribution in [0.1, 0.15) is 0 Å². The van der Waals surface area contributed by atoms with E-state index in [0.29, 0.717) is 0 Å². The summed E-state index contributed by atoms with van der Waals surface area (Å²) in [7, 11) is 0. The second kappa shape index (κ2) is 12.9.